The van der Waals surface area contributed by atoms with E-state index in [9.17, 15) is 4.79 Å². The number of halogens is 1. The highest BCUT2D eigenvalue weighted by molar-refractivity contribution is 5.93. The molecule has 0 radical (unpaired) electrons. The van der Waals surface area contributed by atoms with Crippen molar-refractivity contribution in [1.82, 2.24) is 4.90 Å². The smallest absolute Gasteiger partial charge is 0.238 e. The van der Waals surface area contributed by atoms with Gasteiger partial charge in [0, 0.05) is 5.69 Å². The van der Waals surface area contributed by atoms with Crippen molar-refractivity contribution in [3.05, 3.63) is 28.8 Å². The van der Waals surface area contributed by atoms with E-state index in [1.807, 2.05) is 0 Å². The fourth-order valence-corrected chi connectivity index (χ4v) is 2.42. The van der Waals surface area contributed by atoms with Crippen LogP contribution in [0.1, 0.15) is 51.3 Å². The van der Waals surface area contributed by atoms with Gasteiger partial charge in [0.1, 0.15) is 0 Å². The molecule has 126 valence electrons. The van der Waals surface area contributed by atoms with Crippen LogP contribution >= 0.6 is 0 Å². The lowest BCUT2D eigenvalue weighted by Crippen LogP contribution is -3.00. The molecule has 0 saturated carbocycles. The van der Waals surface area contributed by atoms with Gasteiger partial charge in [-0.1, -0.05) is 46.8 Å². The molecule has 0 aliphatic rings. The summed E-state index contributed by atoms with van der Waals surface area (Å²) in [5.74, 6) is 0.0633. The monoisotopic (exact) mass is 325 g/mol. The molecule has 1 rings (SSSR count). The summed E-state index contributed by atoms with van der Waals surface area (Å²) >= 11 is 0. The van der Waals surface area contributed by atoms with Gasteiger partial charge in [0.05, 0.1) is 6.54 Å². The number of carbonyl (C=O) groups excluding carboxylic acids is 1. The van der Waals surface area contributed by atoms with Gasteiger partial charge in [-0.15, -0.1) is 0 Å². The van der Waals surface area contributed by atoms with Crippen LogP contribution in [0.4, 0.5) is 5.69 Å². The average Bonchev–Trinajstić information content (AvgIpc) is 2.38. The van der Waals surface area contributed by atoms with Crippen LogP contribution in [0, 0.1) is 13.8 Å². The molecule has 4 heteroatoms. The molecule has 0 bridgehead atoms. The first-order valence-electron chi connectivity index (χ1n) is 7.83. The van der Waals surface area contributed by atoms with E-state index in [4.69, 9.17) is 0 Å². The normalized spacial score (nSPS) is 11.3. The van der Waals surface area contributed by atoms with Gasteiger partial charge in [-0.2, -0.15) is 0 Å². The number of benzene rings is 1. The lowest BCUT2D eigenvalue weighted by Gasteiger charge is -2.23. The predicted molar refractivity (Wildman–Crippen MR) is 91.0 cm³/mol. The number of nitrogens with one attached hydrogen (secondary N) is 1. The number of likely N-dealkylation sites (N-methyl/N-ethyl adjacent to an activating group) is 1. The summed E-state index contributed by atoms with van der Waals surface area (Å²) in [6.07, 6.45) is 0. The Hall–Kier alpha value is -1.06. The molecule has 0 atom stereocenters. The van der Waals surface area contributed by atoms with E-state index in [0.717, 1.165) is 29.9 Å². The maximum atomic E-state index is 12.2. The summed E-state index contributed by atoms with van der Waals surface area (Å²) in [7, 11) is 0. The summed E-state index contributed by atoms with van der Waals surface area (Å²) in [5.41, 5.74) is 4.65. The number of nitrogens with zero attached hydrogens (tertiary/aromatic N) is 1. The first kappa shape index (κ1) is 20.9. The zero-order valence-electron chi connectivity index (χ0n) is 15.0. The third kappa shape index (κ3) is 5.62. The fourth-order valence-electron chi connectivity index (χ4n) is 2.42. The van der Waals surface area contributed by atoms with E-state index >= 15 is 0 Å². The van der Waals surface area contributed by atoms with E-state index in [0.29, 0.717) is 6.54 Å². The van der Waals surface area contributed by atoms with Gasteiger partial charge in [0.25, 0.3) is 0 Å². The molecular formula is C18H30ClN2O-. The fraction of sp³-hybridized carbons (Fsp3) is 0.611. The maximum Gasteiger partial charge on any atom is 0.238 e. The summed E-state index contributed by atoms with van der Waals surface area (Å²) < 4.78 is 0. The van der Waals surface area contributed by atoms with Crippen LogP contribution in [0.5, 0.6) is 0 Å². The Morgan fingerprint density at radius 3 is 1.91 bits per heavy atom. The highest BCUT2D eigenvalue weighted by Crippen LogP contribution is 2.29. The van der Waals surface area contributed by atoms with E-state index < -0.39 is 0 Å². The Kier molecular flexibility index (Phi) is 8.13. The van der Waals surface area contributed by atoms with Crippen molar-refractivity contribution in [2.45, 2.75) is 53.9 Å². The number of anilines is 1. The first-order valence-corrected chi connectivity index (χ1v) is 7.83. The van der Waals surface area contributed by atoms with Crippen LogP contribution < -0.4 is 17.7 Å². The molecule has 22 heavy (non-hydrogen) atoms. The van der Waals surface area contributed by atoms with Crippen molar-refractivity contribution in [3.8, 4) is 0 Å². The van der Waals surface area contributed by atoms with Gasteiger partial charge in [0.2, 0.25) is 5.91 Å². The van der Waals surface area contributed by atoms with Crippen LogP contribution in [0.3, 0.4) is 0 Å². The highest BCUT2D eigenvalue weighted by atomic mass is 35.5. The number of amides is 1. The summed E-state index contributed by atoms with van der Waals surface area (Å²) in [4.78, 5) is 14.3. The summed E-state index contributed by atoms with van der Waals surface area (Å²) in [6.45, 7) is 17.1. The van der Waals surface area contributed by atoms with Crippen molar-refractivity contribution in [1.29, 1.82) is 0 Å². The van der Waals surface area contributed by atoms with Crippen LogP contribution in [0.25, 0.3) is 0 Å². The largest absolute Gasteiger partial charge is 1.00 e. The second-order valence-corrected chi connectivity index (χ2v) is 6.74. The molecule has 1 N–H and O–H groups in total. The Morgan fingerprint density at radius 2 is 1.55 bits per heavy atom. The number of hydrogen-bond donors (Lipinski definition) is 1. The maximum absolute atomic E-state index is 12.2. The lowest BCUT2D eigenvalue weighted by atomic mass is 9.85. The van der Waals surface area contributed by atoms with Gasteiger partial charge in [-0.3, -0.25) is 9.69 Å². The third-order valence-corrected chi connectivity index (χ3v) is 3.92. The molecule has 1 aromatic carbocycles. The average molecular weight is 326 g/mol. The van der Waals surface area contributed by atoms with Gasteiger partial charge in [-0.25, -0.2) is 0 Å². The lowest BCUT2D eigenvalue weighted by molar-refractivity contribution is -0.117. The van der Waals surface area contributed by atoms with Crippen LogP contribution in [0.15, 0.2) is 12.1 Å². The van der Waals surface area contributed by atoms with Crippen LogP contribution in [-0.4, -0.2) is 30.4 Å². The first-order chi connectivity index (χ1) is 9.68. The number of hydrogen-bond acceptors (Lipinski definition) is 2. The van der Waals surface area contributed by atoms with Crippen molar-refractivity contribution in [2.24, 2.45) is 0 Å². The van der Waals surface area contributed by atoms with Crippen LogP contribution in [0.2, 0.25) is 0 Å². The Bertz CT molecular complexity index is 479. The molecular weight excluding hydrogens is 296 g/mol. The second-order valence-electron chi connectivity index (χ2n) is 6.74. The molecule has 1 amide bonds. The second kappa shape index (κ2) is 8.54. The van der Waals surface area contributed by atoms with Gasteiger partial charge in [0.15, 0.2) is 0 Å². The Labute approximate surface area is 141 Å². The quantitative estimate of drug-likeness (QED) is 0.872. The van der Waals surface area contributed by atoms with Crippen molar-refractivity contribution < 1.29 is 17.2 Å². The molecule has 0 spiro atoms. The number of carbonyl (C=O) groups is 1. The van der Waals surface area contributed by atoms with Crippen molar-refractivity contribution in [3.63, 3.8) is 0 Å². The van der Waals surface area contributed by atoms with E-state index in [1.165, 1.54) is 5.56 Å². The number of aryl methyl sites for hydroxylation is 2. The third-order valence-electron chi connectivity index (χ3n) is 3.92. The predicted octanol–water partition coefficient (Wildman–Crippen LogP) is 0.885. The topological polar surface area (TPSA) is 32.3 Å². The zero-order chi connectivity index (χ0) is 16.2. The van der Waals surface area contributed by atoms with Crippen molar-refractivity contribution >= 4 is 11.6 Å². The Balaban J connectivity index is 0.00000441. The highest BCUT2D eigenvalue weighted by Gasteiger charge is 2.17. The minimum absolute atomic E-state index is 0. The standard InChI is InChI=1S/C18H30N2O.ClH/c1-8-20(9-2)12-16(21)19-17-13(3)10-15(11-14(17)4)18(5,6)7;/h10-11H,8-9,12H2,1-7H3,(H,19,21);1H/p-1. The van der Waals surface area contributed by atoms with Crippen LogP contribution in [-0.2, 0) is 10.2 Å². The molecule has 0 heterocycles. The SMILES string of the molecule is CCN(CC)CC(=O)Nc1c(C)cc(C(C)(C)C)cc1C.[Cl-]. The van der Waals surface area contributed by atoms with E-state index in [2.05, 4.69) is 70.8 Å². The van der Waals surface area contributed by atoms with E-state index in [1.54, 1.807) is 0 Å². The summed E-state index contributed by atoms with van der Waals surface area (Å²) in [6, 6.07) is 4.36. The molecule has 0 aromatic heterocycles. The van der Waals surface area contributed by atoms with Gasteiger partial charge < -0.3 is 17.7 Å². The van der Waals surface area contributed by atoms with E-state index in [-0.39, 0.29) is 23.7 Å². The Morgan fingerprint density at radius 1 is 1.09 bits per heavy atom. The molecule has 0 aliphatic heterocycles. The minimum Gasteiger partial charge on any atom is -1.00 e. The zero-order valence-corrected chi connectivity index (χ0v) is 15.8. The molecule has 0 saturated heterocycles. The minimum atomic E-state index is 0. The molecule has 1 aromatic rings. The number of rotatable bonds is 5. The van der Waals surface area contributed by atoms with Gasteiger partial charge >= 0.3 is 0 Å². The molecule has 3 nitrogen and oxygen atoms in total. The molecule has 0 aliphatic carbocycles. The van der Waals surface area contributed by atoms with Gasteiger partial charge in [-0.05, 0) is 49.0 Å². The summed E-state index contributed by atoms with van der Waals surface area (Å²) in [5, 5.41) is 3.08. The van der Waals surface area contributed by atoms with Crippen molar-refractivity contribution in [2.75, 3.05) is 25.0 Å². The molecule has 0 fully saturated rings. The molecule has 0 unspecified atom stereocenters.